The highest BCUT2D eigenvalue weighted by Crippen LogP contribution is 2.25. The molecule has 152 valence electrons. The third-order valence-corrected chi connectivity index (χ3v) is 6.06. The lowest BCUT2D eigenvalue weighted by Gasteiger charge is -2.18. The maximum atomic E-state index is 12.7. The summed E-state index contributed by atoms with van der Waals surface area (Å²) in [6.45, 7) is 5.58. The van der Waals surface area contributed by atoms with Gasteiger partial charge >= 0.3 is 0 Å². The number of hydrogen-bond acceptors (Lipinski definition) is 5. The van der Waals surface area contributed by atoms with Crippen LogP contribution in [0.25, 0.3) is 10.2 Å². The monoisotopic (exact) mass is 412 g/mol. The highest BCUT2D eigenvalue weighted by molar-refractivity contribution is 7.18. The summed E-state index contributed by atoms with van der Waals surface area (Å²) in [6.07, 6.45) is 2.19. The molecular formula is C21H24N4O3S. The molecule has 1 N–H and O–H groups in total. The van der Waals surface area contributed by atoms with Crippen molar-refractivity contribution in [3.63, 3.8) is 0 Å². The van der Waals surface area contributed by atoms with Crippen molar-refractivity contribution >= 4 is 39.1 Å². The minimum atomic E-state index is -0.336. The van der Waals surface area contributed by atoms with E-state index in [-0.39, 0.29) is 30.5 Å². The summed E-state index contributed by atoms with van der Waals surface area (Å²) >= 11 is 1.47. The second-order valence-corrected chi connectivity index (χ2v) is 8.15. The van der Waals surface area contributed by atoms with Crippen LogP contribution in [-0.2, 0) is 22.6 Å². The number of nitrogens with zero attached hydrogens (tertiary/aromatic N) is 3. The molecule has 2 amide bonds. The molecule has 3 aromatic rings. The summed E-state index contributed by atoms with van der Waals surface area (Å²) < 4.78 is 1.30. The van der Waals surface area contributed by atoms with Gasteiger partial charge in [0.1, 0.15) is 11.4 Å². The lowest BCUT2D eigenvalue weighted by Crippen LogP contribution is -2.38. The molecule has 2 heterocycles. The molecule has 2 aromatic heterocycles. The van der Waals surface area contributed by atoms with Crippen LogP contribution in [-0.4, -0.2) is 39.9 Å². The van der Waals surface area contributed by atoms with Gasteiger partial charge in [0.2, 0.25) is 11.8 Å². The predicted molar refractivity (Wildman–Crippen MR) is 115 cm³/mol. The van der Waals surface area contributed by atoms with Crippen LogP contribution in [0.5, 0.6) is 0 Å². The fraction of sp³-hybridized carbons (Fsp3) is 0.333. The molecule has 0 unspecified atom stereocenters. The Hall–Kier alpha value is -3.00. The first-order chi connectivity index (χ1) is 13.8. The normalized spacial score (nSPS) is 10.9. The van der Waals surface area contributed by atoms with Gasteiger partial charge in [-0.3, -0.25) is 19.0 Å². The topological polar surface area (TPSA) is 84.3 Å². The zero-order chi connectivity index (χ0) is 21.1. The predicted octanol–water partition coefficient (Wildman–Crippen LogP) is 2.73. The van der Waals surface area contributed by atoms with Gasteiger partial charge < -0.3 is 10.2 Å². The number of benzene rings is 1. The fourth-order valence-corrected chi connectivity index (χ4v) is 4.08. The van der Waals surface area contributed by atoms with E-state index in [9.17, 15) is 14.4 Å². The Morgan fingerprint density at radius 1 is 1.24 bits per heavy atom. The van der Waals surface area contributed by atoms with Crippen LogP contribution in [0.1, 0.15) is 22.9 Å². The number of para-hydroxylation sites is 1. The number of nitrogens with one attached hydrogen (secondary N) is 1. The number of aryl methyl sites for hydroxylation is 3. The van der Waals surface area contributed by atoms with Crippen molar-refractivity contribution in [2.75, 3.05) is 18.9 Å². The number of likely N-dealkylation sites (N-methyl/N-ethyl adjacent to an activating group) is 1. The molecule has 7 nitrogen and oxygen atoms in total. The minimum Gasteiger partial charge on any atom is -0.335 e. The lowest BCUT2D eigenvalue weighted by atomic mass is 10.1. The average Bonchev–Trinajstić information content (AvgIpc) is 2.98. The Morgan fingerprint density at radius 3 is 2.69 bits per heavy atom. The first kappa shape index (κ1) is 20.7. The maximum absolute atomic E-state index is 12.7. The van der Waals surface area contributed by atoms with Crippen molar-refractivity contribution < 1.29 is 9.59 Å². The number of amides is 2. The van der Waals surface area contributed by atoms with Crippen LogP contribution in [0, 0.1) is 13.8 Å². The van der Waals surface area contributed by atoms with E-state index in [1.807, 2.05) is 45.0 Å². The first-order valence-electron chi connectivity index (χ1n) is 9.38. The molecule has 8 heteroatoms. The van der Waals surface area contributed by atoms with Gasteiger partial charge in [0.15, 0.2) is 0 Å². The molecule has 0 spiro atoms. The molecule has 0 saturated heterocycles. The van der Waals surface area contributed by atoms with Crippen molar-refractivity contribution in [1.82, 2.24) is 14.5 Å². The highest BCUT2D eigenvalue weighted by atomic mass is 32.1. The highest BCUT2D eigenvalue weighted by Gasteiger charge is 2.17. The van der Waals surface area contributed by atoms with Gasteiger partial charge in [0.25, 0.3) is 5.56 Å². The van der Waals surface area contributed by atoms with Gasteiger partial charge in [0.05, 0.1) is 18.3 Å². The third kappa shape index (κ3) is 4.37. The summed E-state index contributed by atoms with van der Waals surface area (Å²) in [5.41, 5.74) is 2.43. The van der Waals surface area contributed by atoms with E-state index >= 15 is 0 Å². The van der Waals surface area contributed by atoms with Crippen LogP contribution < -0.4 is 10.9 Å². The number of fused-ring (bicyclic) bond motifs is 1. The molecule has 0 saturated carbocycles. The van der Waals surface area contributed by atoms with Gasteiger partial charge in [-0.2, -0.15) is 0 Å². The second-order valence-electron chi connectivity index (χ2n) is 6.95. The van der Waals surface area contributed by atoms with Crippen LogP contribution in [0.15, 0.2) is 35.4 Å². The van der Waals surface area contributed by atoms with Crippen LogP contribution in [0.3, 0.4) is 0 Å². The SMILES string of the molecule is CCc1ccccc1NC(=O)CN(C)C(=O)Cn1cnc2sc(C)c(C)c2c1=O. The van der Waals surface area contributed by atoms with Gasteiger partial charge in [-0.1, -0.05) is 25.1 Å². The third-order valence-electron chi connectivity index (χ3n) is 4.94. The van der Waals surface area contributed by atoms with Crippen molar-refractivity contribution in [2.45, 2.75) is 33.7 Å². The molecule has 0 aliphatic carbocycles. The average molecular weight is 413 g/mol. The largest absolute Gasteiger partial charge is 0.335 e. The standard InChI is InChI=1S/C21H24N4O3S/c1-5-15-8-6-7-9-16(15)23-17(26)10-24(4)18(27)11-25-12-22-20-19(21(25)28)13(2)14(3)29-20/h6-9,12H,5,10-11H2,1-4H3,(H,23,26). The number of rotatable bonds is 6. The molecule has 0 aliphatic heterocycles. The molecule has 1 aromatic carbocycles. The van der Waals surface area contributed by atoms with Crippen LogP contribution in [0.4, 0.5) is 5.69 Å². The van der Waals surface area contributed by atoms with Crippen LogP contribution >= 0.6 is 11.3 Å². The molecule has 0 radical (unpaired) electrons. The van der Waals surface area contributed by atoms with Crippen molar-refractivity contribution in [1.29, 1.82) is 0 Å². The van der Waals surface area contributed by atoms with E-state index in [2.05, 4.69) is 10.3 Å². The van der Waals surface area contributed by atoms with Gasteiger partial charge in [0, 0.05) is 17.6 Å². The Bertz CT molecular complexity index is 1130. The summed E-state index contributed by atoms with van der Waals surface area (Å²) in [7, 11) is 1.55. The Morgan fingerprint density at radius 2 is 1.97 bits per heavy atom. The molecule has 3 rings (SSSR count). The quantitative estimate of drug-likeness (QED) is 0.675. The molecule has 0 fully saturated rings. The lowest BCUT2D eigenvalue weighted by molar-refractivity contribution is -0.133. The van der Waals surface area contributed by atoms with Gasteiger partial charge in [-0.15, -0.1) is 11.3 Å². The Balaban J connectivity index is 1.68. The number of aromatic nitrogens is 2. The number of thiophene rings is 1. The van der Waals surface area contributed by atoms with E-state index in [0.717, 1.165) is 28.1 Å². The van der Waals surface area contributed by atoms with Crippen molar-refractivity contribution in [3.05, 3.63) is 57.0 Å². The summed E-state index contributed by atoms with van der Waals surface area (Å²) in [5.74, 6) is -0.622. The zero-order valence-electron chi connectivity index (χ0n) is 17.0. The molecule has 0 aliphatic rings. The van der Waals surface area contributed by atoms with E-state index in [1.54, 1.807) is 7.05 Å². The van der Waals surface area contributed by atoms with Gasteiger partial charge in [-0.25, -0.2) is 4.98 Å². The number of carbonyl (C=O) groups excluding carboxylic acids is 2. The summed E-state index contributed by atoms with van der Waals surface area (Å²) in [4.78, 5) is 45.0. The first-order valence-corrected chi connectivity index (χ1v) is 10.2. The molecule has 29 heavy (non-hydrogen) atoms. The van der Waals surface area contributed by atoms with Crippen molar-refractivity contribution in [2.24, 2.45) is 0 Å². The zero-order valence-corrected chi connectivity index (χ0v) is 17.8. The minimum absolute atomic E-state index is 0.0993. The smallest absolute Gasteiger partial charge is 0.262 e. The fourth-order valence-electron chi connectivity index (χ4n) is 3.09. The second kappa shape index (κ2) is 8.57. The molecule has 0 bridgehead atoms. The van der Waals surface area contributed by atoms with E-state index in [0.29, 0.717) is 10.2 Å². The van der Waals surface area contributed by atoms with E-state index < -0.39 is 0 Å². The van der Waals surface area contributed by atoms with Gasteiger partial charge in [-0.05, 0) is 37.5 Å². The van der Waals surface area contributed by atoms with E-state index in [1.165, 1.54) is 27.1 Å². The Kier molecular flexibility index (Phi) is 6.12. The maximum Gasteiger partial charge on any atom is 0.262 e. The van der Waals surface area contributed by atoms with E-state index in [4.69, 9.17) is 0 Å². The summed E-state index contributed by atoms with van der Waals surface area (Å²) in [6, 6.07) is 7.56. The van der Waals surface area contributed by atoms with Crippen molar-refractivity contribution in [3.8, 4) is 0 Å². The summed E-state index contributed by atoms with van der Waals surface area (Å²) in [5, 5.41) is 3.40. The van der Waals surface area contributed by atoms with Crippen LogP contribution in [0.2, 0.25) is 0 Å². The number of anilines is 1. The number of carbonyl (C=O) groups is 2. The Labute approximate surface area is 173 Å². The molecule has 0 atom stereocenters. The number of hydrogen-bond donors (Lipinski definition) is 1. The molecular weight excluding hydrogens is 388 g/mol.